The molecule has 1 fully saturated rings. The number of amides is 1. The second-order valence-corrected chi connectivity index (χ2v) is 8.29. The van der Waals surface area contributed by atoms with Gasteiger partial charge in [-0.25, -0.2) is 9.82 Å². The first kappa shape index (κ1) is 19.1. The maximum Gasteiger partial charge on any atom is 0.307 e. The highest BCUT2D eigenvalue weighted by Gasteiger charge is 2.16. The third kappa shape index (κ3) is 3.98. The molecule has 0 unspecified atom stereocenters. The minimum Gasteiger partial charge on any atom is -0.450 e. The van der Waals surface area contributed by atoms with Gasteiger partial charge in [-0.2, -0.15) is 5.10 Å². The molecule has 0 saturated carbocycles. The van der Waals surface area contributed by atoms with Crippen LogP contribution < -0.4 is 10.3 Å². The summed E-state index contributed by atoms with van der Waals surface area (Å²) >= 11 is 6.81. The summed E-state index contributed by atoms with van der Waals surface area (Å²) in [6.45, 7) is 1.76. The van der Waals surface area contributed by atoms with Crippen LogP contribution in [0.1, 0.15) is 29.0 Å². The molecule has 1 amide bonds. The normalized spacial score (nSPS) is 14.3. The summed E-state index contributed by atoms with van der Waals surface area (Å²) in [5.41, 5.74) is 4.16. The van der Waals surface area contributed by atoms with E-state index in [0.29, 0.717) is 16.8 Å². The van der Waals surface area contributed by atoms with Crippen molar-refractivity contribution in [1.29, 1.82) is 0 Å². The van der Waals surface area contributed by atoms with E-state index in [-0.39, 0.29) is 11.6 Å². The quantitative estimate of drug-likeness (QED) is 0.376. The van der Waals surface area contributed by atoms with E-state index in [1.54, 1.807) is 18.2 Å². The molecule has 1 aliphatic heterocycles. The largest absolute Gasteiger partial charge is 0.450 e. The Bertz CT molecular complexity index is 1070. The number of hydrogen-bond acceptors (Lipinski definition) is 4. The maximum atomic E-state index is 14.3. The Morgan fingerprint density at radius 2 is 1.96 bits per heavy atom. The van der Waals surface area contributed by atoms with Gasteiger partial charge < -0.3 is 9.32 Å². The van der Waals surface area contributed by atoms with Crippen LogP contribution in [0.25, 0.3) is 11.0 Å². The van der Waals surface area contributed by atoms with Gasteiger partial charge >= 0.3 is 5.91 Å². The molecule has 3 aromatic rings. The Morgan fingerprint density at radius 1 is 1.18 bits per heavy atom. The molecule has 4 rings (SSSR count). The average Bonchev–Trinajstić information content (AvgIpc) is 3.31. The zero-order valence-electron chi connectivity index (χ0n) is 14.7. The van der Waals surface area contributed by atoms with E-state index in [4.69, 9.17) is 4.42 Å². The molecular formula is C20H16Br2FN3O2. The fourth-order valence-corrected chi connectivity index (χ4v) is 4.57. The van der Waals surface area contributed by atoms with Crippen molar-refractivity contribution in [1.82, 2.24) is 5.43 Å². The zero-order chi connectivity index (χ0) is 19.7. The van der Waals surface area contributed by atoms with Crippen molar-refractivity contribution in [2.75, 3.05) is 18.0 Å². The van der Waals surface area contributed by atoms with Gasteiger partial charge in [0.05, 0.1) is 16.4 Å². The van der Waals surface area contributed by atoms with E-state index in [1.807, 2.05) is 17.0 Å². The molecule has 1 saturated heterocycles. The molecule has 2 heterocycles. The minimum atomic E-state index is -0.482. The van der Waals surface area contributed by atoms with Crippen LogP contribution in [0.15, 0.2) is 54.9 Å². The van der Waals surface area contributed by atoms with Gasteiger partial charge in [0.2, 0.25) is 0 Å². The molecule has 0 spiro atoms. The lowest BCUT2D eigenvalue weighted by Crippen LogP contribution is -2.19. The highest BCUT2D eigenvalue weighted by molar-refractivity contribution is 9.11. The van der Waals surface area contributed by atoms with Gasteiger partial charge in [-0.05, 0) is 64.7 Å². The number of hydrogen-bond donors (Lipinski definition) is 1. The van der Waals surface area contributed by atoms with Crippen LogP contribution in [0, 0.1) is 5.82 Å². The van der Waals surface area contributed by atoms with E-state index in [9.17, 15) is 9.18 Å². The van der Waals surface area contributed by atoms with Crippen LogP contribution >= 0.6 is 31.9 Å². The summed E-state index contributed by atoms with van der Waals surface area (Å²) < 4.78 is 21.5. The molecule has 1 N–H and O–H groups in total. The van der Waals surface area contributed by atoms with Crippen molar-refractivity contribution in [3.05, 3.63) is 62.5 Å². The Morgan fingerprint density at radius 3 is 2.71 bits per heavy atom. The minimum absolute atomic E-state index is 0.140. The predicted octanol–water partition coefficient (Wildman–Crippen LogP) is 5.46. The maximum absolute atomic E-state index is 14.3. The molecule has 5 nitrogen and oxygen atoms in total. The van der Waals surface area contributed by atoms with Crippen LogP contribution in [0.4, 0.5) is 10.1 Å². The van der Waals surface area contributed by atoms with E-state index < -0.39 is 5.91 Å². The van der Waals surface area contributed by atoms with Crippen molar-refractivity contribution >= 4 is 60.6 Å². The number of benzene rings is 2. The number of carbonyl (C=O) groups excluding carboxylic acids is 1. The van der Waals surface area contributed by atoms with Gasteiger partial charge in [0.25, 0.3) is 0 Å². The van der Waals surface area contributed by atoms with Crippen LogP contribution in [0.2, 0.25) is 0 Å². The number of fused-ring (bicyclic) bond motifs is 1. The van der Waals surface area contributed by atoms with Crippen molar-refractivity contribution < 1.29 is 13.6 Å². The van der Waals surface area contributed by atoms with Gasteiger partial charge in [0.15, 0.2) is 5.76 Å². The molecule has 2 aromatic carbocycles. The summed E-state index contributed by atoms with van der Waals surface area (Å²) in [5, 5.41) is 4.70. The molecule has 144 valence electrons. The van der Waals surface area contributed by atoms with Gasteiger partial charge in [-0.1, -0.05) is 22.0 Å². The average molecular weight is 509 g/mol. The van der Waals surface area contributed by atoms with Crippen LogP contribution in [-0.2, 0) is 0 Å². The molecule has 8 heteroatoms. The standard InChI is InChI=1S/C20H16Br2FN3O2/c21-14-8-13-9-18(28-19(13)15(22)10-14)20(27)25-24-11-12-3-4-17(16(23)7-12)26-5-1-2-6-26/h3-4,7-11H,1-2,5-6H2,(H,25,27)/b24-11-. The molecule has 1 aromatic heterocycles. The Kier molecular flexibility index (Phi) is 5.50. The third-order valence-electron chi connectivity index (χ3n) is 4.56. The van der Waals surface area contributed by atoms with Crippen LogP contribution in [-0.4, -0.2) is 25.2 Å². The summed E-state index contributed by atoms with van der Waals surface area (Å²) in [4.78, 5) is 14.3. The lowest BCUT2D eigenvalue weighted by atomic mass is 10.2. The number of nitrogens with zero attached hydrogens (tertiary/aromatic N) is 2. The first-order valence-corrected chi connectivity index (χ1v) is 10.4. The molecule has 0 radical (unpaired) electrons. The fourth-order valence-electron chi connectivity index (χ4n) is 3.23. The van der Waals surface area contributed by atoms with E-state index in [1.165, 1.54) is 12.3 Å². The molecular weight excluding hydrogens is 493 g/mol. The highest BCUT2D eigenvalue weighted by atomic mass is 79.9. The number of carbonyl (C=O) groups is 1. The van der Waals surface area contributed by atoms with Gasteiger partial charge in [0, 0.05) is 22.9 Å². The van der Waals surface area contributed by atoms with Gasteiger partial charge in [-0.15, -0.1) is 0 Å². The number of nitrogens with one attached hydrogen (secondary N) is 1. The van der Waals surface area contributed by atoms with Crippen molar-refractivity contribution in [3.8, 4) is 0 Å². The summed E-state index contributed by atoms with van der Waals surface area (Å²) in [6, 6.07) is 10.3. The van der Waals surface area contributed by atoms with Crippen molar-refractivity contribution in [2.24, 2.45) is 5.10 Å². The number of halogens is 3. The van der Waals surface area contributed by atoms with Crippen LogP contribution in [0.5, 0.6) is 0 Å². The molecule has 28 heavy (non-hydrogen) atoms. The number of furan rings is 1. The lowest BCUT2D eigenvalue weighted by molar-refractivity contribution is 0.0929. The first-order valence-electron chi connectivity index (χ1n) is 8.78. The summed E-state index contributed by atoms with van der Waals surface area (Å²) in [5.74, 6) is -0.629. The van der Waals surface area contributed by atoms with E-state index in [2.05, 4.69) is 42.4 Å². The second-order valence-electron chi connectivity index (χ2n) is 6.52. The second kappa shape index (κ2) is 8.05. The zero-order valence-corrected chi connectivity index (χ0v) is 17.9. The Labute approximate surface area is 177 Å². The fraction of sp³-hybridized carbons (Fsp3) is 0.200. The van der Waals surface area contributed by atoms with E-state index in [0.717, 1.165) is 40.3 Å². The summed E-state index contributed by atoms with van der Waals surface area (Å²) in [6.07, 6.45) is 3.58. The highest BCUT2D eigenvalue weighted by Crippen LogP contribution is 2.31. The molecule has 0 atom stereocenters. The molecule has 1 aliphatic rings. The van der Waals surface area contributed by atoms with E-state index >= 15 is 0 Å². The lowest BCUT2D eigenvalue weighted by Gasteiger charge is -2.18. The molecule has 0 aliphatic carbocycles. The third-order valence-corrected chi connectivity index (χ3v) is 5.60. The number of hydrazone groups is 1. The van der Waals surface area contributed by atoms with Crippen molar-refractivity contribution in [3.63, 3.8) is 0 Å². The number of anilines is 1. The van der Waals surface area contributed by atoms with Gasteiger partial charge in [-0.3, -0.25) is 4.79 Å². The topological polar surface area (TPSA) is 57.8 Å². The number of rotatable bonds is 4. The predicted molar refractivity (Wildman–Crippen MR) is 115 cm³/mol. The van der Waals surface area contributed by atoms with Crippen LogP contribution in [0.3, 0.4) is 0 Å². The monoisotopic (exact) mass is 507 g/mol. The Hall–Kier alpha value is -2.19. The first-order chi connectivity index (χ1) is 13.5. The molecule has 0 bridgehead atoms. The SMILES string of the molecule is O=C(N/N=C\c1ccc(N2CCCC2)c(F)c1)c1cc2cc(Br)cc(Br)c2o1. The Balaban J connectivity index is 1.45. The van der Waals surface area contributed by atoms with Crippen molar-refractivity contribution in [2.45, 2.75) is 12.8 Å². The smallest absolute Gasteiger partial charge is 0.307 e. The summed E-state index contributed by atoms with van der Waals surface area (Å²) in [7, 11) is 0. The van der Waals surface area contributed by atoms with Gasteiger partial charge in [0.1, 0.15) is 11.4 Å².